The zero-order valence-corrected chi connectivity index (χ0v) is 12.5. The van der Waals surface area contributed by atoms with E-state index in [9.17, 15) is 0 Å². The number of para-hydroxylation sites is 1. The first-order valence-electron chi connectivity index (χ1n) is 7.51. The molecule has 3 atom stereocenters. The third-order valence-electron chi connectivity index (χ3n) is 4.54. The van der Waals surface area contributed by atoms with Crippen molar-refractivity contribution >= 4 is 0 Å². The smallest absolute Gasteiger partial charge is 0.122 e. The molecule has 2 nitrogen and oxygen atoms in total. The summed E-state index contributed by atoms with van der Waals surface area (Å²) in [5.74, 6) is 3.51. The quantitative estimate of drug-likeness (QED) is 0.876. The highest BCUT2D eigenvalue weighted by molar-refractivity contribution is 5.33. The molecule has 1 aliphatic carbocycles. The van der Waals surface area contributed by atoms with Gasteiger partial charge in [-0.15, -0.1) is 0 Å². The summed E-state index contributed by atoms with van der Waals surface area (Å²) >= 11 is 0. The molecule has 0 aliphatic heterocycles. The predicted octanol–water partition coefficient (Wildman–Crippen LogP) is 3.51. The summed E-state index contributed by atoms with van der Waals surface area (Å²) in [6.45, 7) is 3.54. The summed E-state index contributed by atoms with van der Waals surface area (Å²) in [5, 5.41) is 3.37. The van der Waals surface area contributed by atoms with Crippen molar-refractivity contribution in [3.05, 3.63) is 29.8 Å². The largest absolute Gasteiger partial charge is 0.496 e. The number of methoxy groups -OCH3 is 1. The van der Waals surface area contributed by atoms with Crippen LogP contribution in [0.1, 0.15) is 31.7 Å². The highest BCUT2D eigenvalue weighted by Gasteiger charge is 2.28. The molecule has 0 bridgehead atoms. The third-order valence-corrected chi connectivity index (χ3v) is 4.54. The Morgan fingerprint density at radius 2 is 2.00 bits per heavy atom. The Morgan fingerprint density at radius 1 is 1.21 bits per heavy atom. The van der Waals surface area contributed by atoms with E-state index in [1.807, 2.05) is 0 Å². The Hall–Kier alpha value is -1.02. The van der Waals surface area contributed by atoms with E-state index in [0.29, 0.717) is 0 Å². The minimum atomic E-state index is 0.785. The standard InChI is InChI=1S/C17H27NO/c1-13-8-9-15(12-18-2)16(10-13)11-14-6-4-5-7-17(14)19-3/h4-7,13,15-16,18H,8-12H2,1-3H3. The maximum absolute atomic E-state index is 5.49. The van der Waals surface area contributed by atoms with E-state index in [1.165, 1.54) is 24.8 Å². The Bertz CT molecular complexity index is 391. The van der Waals surface area contributed by atoms with Gasteiger partial charge in [-0.25, -0.2) is 0 Å². The monoisotopic (exact) mass is 261 g/mol. The van der Waals surface area contributed by atoms with E-state index in [-0.39, 0.29) is 0 Å². The fourth-order valence-corrected chi connectivity index (χ4v) is 3.50. The second-order valence-corrected chi connectivity index (χ2v) is 6.01. The normalized spacial score (nSPS) is 27.2. The number of ether oxygens (including phenoxy) is 1. The molecule has 1 aromatic rings. The van der Waals surface area contributed by atoms with E-state index in [2.05, 4.69) is 43.6 Å². The topological polar surface area (TPSA) is 21.3 Å². The van der Waals surface area contributed by atoms with Crippen molar-refractivity contribution < 1.29 is 4.74 Å². The van der Waals surface area contributed by atoms with Crippen molar-refractivity contribution in [1.29, 1.82) is 0 Å². The van der Waals surface area contributed by atoms with Gasteiger partial charge in [0.25, 0.3) is 0 Å². The summed E-state index contributed by atoms with van der Waals surface area (Å²) < 4.78 is 5.49. The lowest BCUT2D eigenvalue weighted by Gasteiger charge is -2.35. The first-order chi connectivity index (χ1) is 9.24. The van der Waals surface area contributed by atoms with E-state index >= 15 is 0 Å². The molecule has 19 heavy (non-hydrogen) atoms. The number of hydrogen-bond acceptors (Lipinski definition) is 2. The van der Waals surface area contributed by atoms with Crippen molar-refractivity contribution in [2.45, 2.75) is 32.6 Å². The lowest BCUT2D eigenvalue weighted by atomic mass is 9.72. The molecule has 0 saturated heterocycles. The molecule has 0 aromatic heterocycles. The van der Waals surface area contributed by atoms with Gasteiger partial charge in [0.1, 0.15) is 5.75 Å². The lowest BCUT2D eigenvalue weighted by Crippen LogP contribution is -2.32. The summed E-state index contributed by atoms with van der Waals surface area (Å²) in [5.41, 5.74) is 1.37. The van der Waals surface area contributed by atoms with Crippen LogP contribution in [0.3, 0.4) is 0 Å². The van der Waals surface area contributed by atoms with E-state index in [1.54, 1.807) is 7.11 Å². The molecule has 1 saturated carbocycles. The molecule has 0 heterocycles. The molecule has 0 radical (unpaired) electrons. The molecule has 1 fully saturated rings. The Labute approximate surface area is 117 Å². The second kappa shape index (κ2) is 6.95. The zero-order chi connectivity index (χ0) is 13.7. The average Bonchev–Trinajstić information content (AvgIpc) is 2.42. The highest BCUT2D eigenvalue weighted by atomic mass is 16.5. The van der Waals surface area contributed by atoms with Crippen LogP contribution in [0.2, 0.25) is 0 Å². The molecular weight excluding hydrogens is 234 g/mol. The van der Waals surface area contributed by atoms with Gasteiger partial charge in [0, 0.05) is 0 Å². The number of nitrogens with one attached hydrogen (secondary N) is 1. The van der Waals surface area contributed by atoms with Gasteiger partial charge in [-0.3, -0.25) is 0 Å². The zero-order valence-electron chi connectivity index (χ0n) is 12.5. The Balaban J connectivity index is 2.09. The predicted molar refractivity (Wildman–Crippen MR) is 80.6 cm³/mol. The highest BCUT2D eigenvalue weighted by Crippen LogP contribution is 2.36. The fraction of sp³-hybridized carbons (Fsp3) is 0.647. The van der Waals surface area contributed by atoms with Crippen LogP contribution in [0.15, 0.2) is 24.3 Å². The number of hydrogen-bond donors (Lipinski definition) is 1. The van der Waals surface area contributed by atoms with Gasteiger partial charge < -0.3 is 10.1 Å². The molecule has 1 aromatic carbocycles. The first-order valence-corrected chi connectivity index (χ1v) is 7.51. The van der Waals surface area contributed by atoms with Crippen LogP contribution in [0, 0.1) is 17.8 Å². The van der Waals surface area contributed by atoms with Gasteiger partial charge in [-0.05, 0) is 62.2 Å². The van der Waals surface area contributed by atoms with Crippen molar-refractivity contribution in [1.82, 2.24) is 5.32 Å². The molecule has 1 N–H and O–H groups in total. The minimum absolute atomic E-state index is 0.785. The van der Waals surface area contributed by atoms with E-state index in [0.717, 1.165) is 36.5 Å². The molecule has 0 amide bonds. The summed E-state index contributed by atoms with van der Waals surface area (Å²) in [4.78, 5) is 0. The van der Waals surface area contributed by atoms with Crippen LogP contribution in [0.4, 0.5) is 0 Å². The maximum atomic E-state index is 5.49. The minimum Gasteiger partial charge on any atom is -0.496 e. The van der Waals surface area contributed by atoms with Crippen molar-refractivity contribution in [2.24, 2.45) is 17.8 Å². The first kappa shape index (κ1) is 14.4. The fourth-order valence-electron chi connectivity index (χ4n) is 3.50. The van der Waals surface area contributed by atoms with Crippen molar-refractivity contribution in [3.8, 4) is 5.75 Å². The molecular formula is C17H27NO. The van der Waals surface area contributed by atoms with Gasteiger partial charge >= 0.3 is 0 Å². The van der Waals surface area contributed by atoms with Gasteiger partial charge in [-0.1, -0.05) is 31.5 Å². The summed E-state index contributed by atoms with van der Waals surface area (Å²) in [7, 11) is 3.84. The van der Waals surface area contributed by atoms with Crippen LogP contribution >= 0.6 is 0 Å². The van der Waals surface area contributed by atoms with E-state index in [4.69, 9.17) is 4.74 Å². The van der Waals surface area contributed by atoms with Crippen molar-refractivity contribution in [3.63, 3.8) is 0 Å². The molecule has 2 heteroatoms. The van der Waals surface area contributed by atoms with Gasteiger partial charge in [0.05, 0.1) is 7.11 Å². The Kier molecular flexibility index (Phi) is 5.26. The van der Waals surface area contributed by atoms with Crippen molar-refractivity contribution in [2.75, 3.05) is 20.7 Å². The Morgan fingerprint density at radius 3 is 2.74 bits per heavy atom. The molecule has 106 valence electrons. The SMILES string of the molecule is CNCC1CCC(C)CC1Cc1ccccc1OC. The molecule has 2 rings (SSSR count). The van der Waals surface area contributed by atoms with Crippen LogP contribution in [-0.2, 0) is 6.42 Å². The van der Waals surface area contributed by atoms with Crippen LogP contribution in [0.25, 0.3) is 0 Å². The van der Waals surface area contributed by atoms with Gasteiger partial charge in [0.2, 0.25) is 0 Å². The summed E-state index contributed by atoms with van der Waals surface area (Å²) in [6.07, 6.45) is 5.25. The third kappa shape index (κ3) is 3.73. The van der Waals surface area contributed by atoms with Gasteiger partial charge in [-0.2, -0.15) is 0 Å². The van der Waals surface area contributed by atoms with Crippen LogP contribution in [0.5, 0.6) is 5.75 Å². The van der Waals surface area contributed by atoms with Gasteiger partial charge in [0.15, 0.2) is 0 Å². The number of rotatable bonds is 5. The molecule has 1 aliphatic rings. The second-order valence-electron chi connectivity index (χ2n) is 6.01. The summed E-state index contributed by atoms with van der Waals surface area (Å²) in [6, 6.07) is 8.47. The molecule has 3 unspecified atom stereocenters. The number of benzene rings is 1. The van der Waals surface area contributed by atoms with Crippen LogP contribution in [-0.4, -0.2) is 20.7 Å². The lowest BCUT2D eigenvalue weighted by molar-refractivity contribution is 0.185. The average molecular weight is 261 g/mol. The molecule has 0 spiro atoms. The maximum Gasteiger partial charge on any atom is 0.122 e. The van der Waals surface area contributed by atoms with Crippen LogP contribution < -0.4 is 10.1 Å². The van der Waals surface area contributed by atoms with E-state index < -0.39 is 0 Å².